The van der Waals surface area contributed by atoms with Gasteiger partial charge in [-0.15, -0.1) is 0 Å². The van der Waals surface area contributed by atoms with Gasteiger partial charge in [0.25, 0.3) is 0 Å². The predicted molar refractivity (Wildman–Crippen MR) is 137 cm³/mol. The van der Waals surface area contributed by atoms with Gasteiger partial charge >= 0.3 is 5.97 Å². The van der Waals surface area contributed by atoms with Crippen LogP contribution in [0.1, 0.15) is 22.6 Å². The molecule has 41 heavy (non-hydrogen) atoms. The number of fused-ring (bicyclic) bond motifs is 3. The maximum absolute atomic E-state index is 13.1. The lowest BCUT2D eigenvalue weighted by Gasteiger charge is -2.40. The van der Waals surface area contributed by atoms with Crippen LogP contribution in [0.2, 0.25) is 0 Å². The van der Waals surface area contributed by atoms with Crippen LogP contribution in [-0.4, -0.2) is 98.4 Å². The summed E-state index contributed by atoms with van der Waals surface area (Å²) >= 11 is 0. The number of hydrogen-bond acceptors (Lipinski definition) is 13. The second kappa shape index (κ2) is 10.7. The highest BCUT2D eigenvalue weighted by molar-refractivity contribution is 5.79. The average Bonchev–Trinajstić information content (AvgIpc) is 3.61. The quantitative estimate of drug-likeness (QED) is 0.327. The van der Waals surface area contributed by atoms with Crippen molar-refractivity contribution in [1.29, 1.82) is 0 Å². The molecule has 4 aliphatic rings. The van der Waals surface area contributed by atoms with E-state index in [9.17, 15) is 25.2 Å². The van der Waals surface area contributed by atoms with Gasteiger partial charge in [0.15, 0.2) is 23.0 Å². The maximum atomic E-state index is 13.1. The summed E-state index contributed by atoms with van der Waals surface area (Å²) in [6, 6.07) is 5.37. The fourth-order valence-corrected chi connectivity index (χ4v) is 6.26. The first-order chi connectivity index (χ1) is 19.8. The summed E-state index contributed by atoms with van der Waals surface area (Å²) in [7, 11) is 4.52. The lowest BCUT2D eigenvalue weighted by molar-refractivity contribution is -0.277. The molecule has 3 heterocycles. The monoisotopic (exact) mass is 576 g/mol. The number of hydrogen-bond donors (Lipinski definition) is 4. The fraction of sp³-hybridized carbons (Fsp3) is 0.536. The van der Waals surface area contributed by atoms with Gasteiger partial charge in [-0.3, -0.25) is 4.79 Å². The number of ether oxygens (including phenoxy) is 8. The zero-order chi connectivity index (χ0) is 29.0. The van der Waals surface area contributed by atoms with Gasteiger partial charge in [0, 0.05) is 17.4 Å². The molecule has 13 heteroatoms. The Morgan fingerprint density at radius 2 is 1.63 bits per heavy atom. The standard InChI is InChI=1S/C28H32O13/c1-34-15-5-11(6-16(35-2)25(15)36-3)19-13-7-17-26(39-10-38-17)24(14(13)4-12-9-37-27(33)20(12)19)41-28-23(32)22(31)21(30)18(8-29)40-28/h5-7,12,18-23,28-32H,4,8-10H2,1-3H3/t12-,18?,19-,20-,21?,22?,23?,28?/m1/s1. The van der Waals surface area contributed by atoms with E-state index < -0.39 is 49.1 Å². The van der Waals surface area contributed by atoms with Crippen molar-refractivity contribution in [3.63, 3.8) is 0 Å². The Balaban J connectivity index is 1.51. The van der Waals surface area contributed by atoms with Gasteiger partial charge in [0.2, 0.25) is 24.6 Å². The number of carbonyl (C=O) groups is 1. The third-order valence-corrected chi connectivity index (χ3v) is 8.27. The Hall–Kier alpha value is -3.49. The van der Waals surface area contributed by atoms with Gasteiger partial charge in [-0.05, 0) is 35.7 Å². The summed E-state index contributed by atoms with van der Waals surface area (Å²) < 4.78 is 45.5. The van der Waals surface area contributed by atoms with Crippen LogP contribution in [0.3, 0.4) is 0 Å². The number of esters is 1. The van der Waals surface area contributed by atoms with Crippen LogP contribution in [0, 0.1) is 11.8 Å². The molecule has 2 aromatic carbocycles. The Morgan fingerprint density at radius 3 is 2.29 bits per heavy atom. The number of rotatable bonds is 7. The topological polar surface area (TPSA) is 172 Å². The predicted octanol–water partition coefficient (Wildman–Crippen LogP) is 0.0970. The largest absolute Gasteiger partial charge is 0.493 e. The second-order valence-electron chi connectivity index (χ2n) is 10.4. The van der Waals surface area contributed by atoms with Gasteiger partial charge in [0.1, 0.15) is 24.4 Å². The third kappa shape index (κ3) is 4.39. The molecule has 2 fully saturated rings. The highest BCUT2D eigenvalue weighted by atomic mass is 16.7. The summed E-state index contributed by atoms with van der Waals surface area (Å²) in [5.74, 6) is 0.409. The van der Waals surface area contributed by atoms with Gasteiger partial charge in [0.05, 0.1) is 40.5 Å². The lowest BCUT2D eigenvalue weighted by Crippen LogP contribution is -2.60. The molecule has 3 aliphatic heterocycles. The molecular formula is C28H32O13. The van der Waals surface area contributed by atoms with Crippen LogP contribution in [-0.2, 0) is 20.7 Å². The zero-order valence-corrected chi connectivity index (χ0v) is 22.6. The van der Waals surface area contributed by atoms with Gasteiger partial charge < -0.3 is 58.3 Å². The molecule has 0 spiro atoms. The smallest absolute Gasteiger partial charge is 0.310 e. The van der Waals surface area contributed by atoms with Crippen LogP contribution in [0.25, 0.3) is 0 Å². The maximum Gasteiger partial charge on any atom is 0.310 e. The van der Waals surface area contributed by atoms with Crippen molar-refractivity contribution in [2.75, 3.05) is 41.3 Å². The molecule has 0 bridgehead atoms. The summed E-state index contributed by atoms with van der Waals surface area (Å²) in [4.78, 5) is 13.1. The number of methoxy groups -OCH3 is 3. The summed E-state index contributed by atoms with van der Waals surface area (Å²) in [5.41, 5.74) is 2.07. The van der Waals surface area contributed by atoms with Crippen molar-refractivity contribution >= 4 is 5.97 Å². The molecule has 0 amide bonds. The Labute approximate surface area is 235 Å². The van der Waals surface area contributed by atoms with E-state index in [-0.39, 0.29) is 36.8 Å². The van der Waals surface area contributed by atoms with E-state index in [1.54, 1.807) is 18.2 Å². The van der Waals surface area contributed by atoms with E-state index in [2.05, 4.69) is 0 Å². The minimum absolute atomic E-state index is 0.0903. The van der Waals surface area contributed by atoms with Gasteiger partial charge in [-0.25, -0.2) is 0 Å². The average molecular weight is 577 g/mol. The van der Waals surface area contributed by atoms with Crippen LogP contribution in [0.4, 0.5) is 0 Å². The highest BCUT2D eigenvalue weighted by Crippen LogP contribution is 2.56. The van der Waals surface area contributed by atoms with Crippen LogP contribution in [0.15, 0.2) is 18.2 Å². The molecule has 1 aliphatic carbocycles. The highest BCUT2D eigenvalue weighted by Gasteiger charge is 2.51. The van der Waals surface area contributed by atoms with Crippen LogP contribution >= 0.6 is 0 Å². The molecule has 13 nitrogen and oxygen atoms in total. The molecule has 0 radical (unpaired) electrons. The second-order valence-corrected chi connectivity index (χ2v) is 10.4. The van der Waals surface area contributed by atoms with E-state index in [1.165, 1.54) is 21.3 Å². The SMILES string of the molecule is COc1cc([C@@H]2c3cc4c(c(OC5OC(CO)C(O)C(O)C5O)c3C[C@@H]3COC(=O)[C@H]32)OCO4)cc(OC)c1OC. The first kappa shape index (κ1) is 27.7. The van der Waals surface area contributed by atoms with Crippen LogP contribution < -0.4 is 28.4 Å². The van der Waals surface area contributed by atoms with E-state index in [0.717, 1.165) is 0 Å². The number of benzene rings is 2. The van der Waals surface area contributed by atoms with E-state index >= 15 is 0 Å². The summed E-state index contributed by atoms with van der Waals surface area (Å²) in [5, 5.41) is 40.9. The summed E-state index contributed by atoms with van der Waals surface area (Å²) in [6.07, 6.45) is -7.06. The number of carbonyl (C=O) groups excluding carboxylic acids is 1. The fourth-order valence-electron chi connectivity index (χ4n) is 6.26. The van der Waals surface area contributed by atoms with Crippen molar-refractivity contribution in [1.82, 2.24) is 0 Å². The minimum atomic E-state index is -1.64. The number of aliphatic hydroxyl groups is 4. The molecule has 4 N–H and O–H groups in total. The molecule has 2 saturated heterocycles. The molecule has 2 aromatic rings. The van der Waals surface area contributed by atoms with Gasteiger partial charge in [-0.2, -0.15) is 0 Å². The van der Waals surface area contributed by atoms with E-state index in [4.69, 9.17) is 37.9 Å². The Morgan fingerprint density at radius 1 is 0.902 bits per heavy atom. The van der Waals surface area contributed by atoms with Crippen molar-refractivity contribution in [2.45, 2.75) is 43.0 Å². The molecule has 8 atom stereocenters. The third-order valence-electron chi connectivity index (χ3n) is 8.27. The first-order valence-corrected chi connectivity index (χ1v) is 13.2. The van der Waals surface area contributed by atoms with E-state index in [0.29, 0.717) is 46.1 Å². The minimum Gasteiger partial charge on any atom is -0.493 e. The molecular weight excluding hydrogens is 544 g/mol. The normalized spacial score (nSPS) is 31.6. The molecule has 6 rings (SSSR count). The molecule has 222 valence electrons. The number of aliphatic hydroxyl groups excluding tert-OH is 4. The number of cyclic esters (lactones) is 1. The molecule has 0 saturated carbocycles. The van der Waals surface area contributed by atoms with Crippen molar-refractivity contribution in [3.05, 3.63) is 34.9 Å². The Kier molecular flexibility index (Phi) is 7.24. The van der Waals surface area contributed by atoms with Crippen molar-refractivity contribution in [3.8, 4) is 34.5 Å². The van der Waals surface area contributed by atoms with Gasteiger partial charge in [-0.1, -0.05) is 0 Å². The van der Waals surface area contributed by atoms with Crippen LogP contribution in [0.5, 0.6) is 34.5 Å². The Bertz CT molecular complexity index is 1300. The molecule has 0 aromatic heterocycles. The lowest BCUT2D eigenvalue weighted by atomic mass is 9.67. The summed E-state index contributed by atoms with van der Waals surface area (Å²) in [6.45, 7) is -0.507. The first-order valence-electron chi connectivity index (χ1n) is 13.2. The van der Waals surface area contributed by atoms with E-state index in [1.807, 2.05) is 0 Å². The zero-order valence-electron chi connectivity index (χ0n) is 22.6. The van der Waals surface area contributed by atoms with Crippen molar-refractivity contribution in [2.24, 2.45) is 11.8 Å². The van der Waals surface area contributed by atoms with Crippen molar-refractivity contribution < 1.29 is 63.1 Å². The molecule has 5 unspecified atom stereocenters.